The monoisotopic (exact) mass is 516 g/mol. The van der Waals surface area contributed by atoms with Crippen molar-refractivity contribution in [3.05, 3.63) is 54.5 Å². The molecule has 0 saturated carbocycles. The maximum atomic E-state index is 12.6. The van der Waals surface area contributed by atoms with Gasteiger partial charge in [-0.3, -0.25) is 14.7 Å². The first-order chi connectivity index (χ1) is 17.8. The van der Waals surface area contributed by atoms with E-state index in [0.717, 1.165) is 59.0 Å². The van der Waals surface area contributed by atoms with Crippen molar-refractivity contribution in [2.75, 3.05) is 41.4 Å². The highest BCUT2D eigenvalue weighted by molar-refractivity contribution is 7.35. The predicted octanol–water partition coefficient (Wildman–Crippen LogP) is 5.11. The second kappa shape index (κ2) is 8.99. The normalized spacial score (nSPS) is 18.4. The van der Waals surface area contributed by atoms with Crippen molar-refractivity contribution in [1.82, 2.24) is 14.6 Å². The zero-order valence-electron chi connectivity index (χ0n) is 21.1. The summed E-state index contributed by atoms with van der Waals surface area (Å²) < 4.78 is 8.30. The van der Waals surface area contributed by atoms with Crippen molar-refractivity contribution in [3.63, 3.8) is 0 Å². The number of amides is 3. The topological polar surface area (TPSA) is 90.9 Å². The van der Waals surface area contributed by atoms with Gasteiger partial charge in [0.05, 0.1) is 23.8 Å². The Kier molecular flexibility index (Phi) is 5.75. The summed E-state index contributed by atoms with van der Waals surface area (Å²) in [7, 11) is 0.448. The number of benzene rings is 1. The van der Waals surface area contributed by atoms with Crippen molar-refractivity contribution in [2.45, 2.75) is 32.3 Å². The van der Waals surface area contributed by atoms with Gasteiger partial charge in [-0.25, -0.2) is 9.78 Å². The number of hydrogen-bond acceptors (Lipinski definition) is 6. The van der Waals surface area contributed by atoms with E-state index in [0.29, 0.717) is 27.5 Å². The highest BCUT2D eigenvalue weighted by atomic mass is 31.1. The third-order valence-electron chi connectivity index (χ3n) is 7.14. The SMILES string of the molecule is CPN1CCN(c2cncc(Nc3cc4c(cn3)-c3ccc(N5CCCC5=O)cc3OC4(C)C)c2)C1=O. The van der Waals surface area contributed by atoms with E-state index in [1.54, 1.807) is 17.3 Å². The standard InChI is InChI=1S/C27H29N6O3P/c1-27(2)22-13-24(30-17-11-19(15-28-14-17)32-9-10-33(37-3)26(32)35)29-16-21(22)20-7-6-18(12-23(20)36-27)31-8-4-5-25(31)34/h6-7,11-16,37H,4-5,8-10H2,1-3H3,(H,29,30). The van der Waals surface area contributed by atoms with E-state index < -0.39 is 5.60 Å². The van der Waals surface area contributed by atoms with Gasteiger partial charge in [-0.1, -0.05) is 0 Å². The molecular formula is C27H29N6O3P. The first kappa shape index (κ1) is 23.7. The molecule has 3 aromatic rings. The molecule has 37 heavy (non-hydrogen) atoms. The third-order valence-corrected chi connectivity index (χ3v) is 8.10. The largest absolute Gasteiger partial charge is 0.482 e. The molecule has 1 N–H and O–H groups in total. The number of carbonyl (C=O) groups is 2. The zero-order valence-corrected chi connectivity index (χ0v) is 22.1. The first-order valence-electron chi connectivity index (χ1n) is 12.5. The van der Waals surface area contributed by atoms with Gasteiger partial charge < -0.3 is 19.6 Å². The number of aromatic nitrogens is 2. The fourth-order valence-electron chi connectivity index (χ4n) is 5.25. The highest BCUT2D eigenvalue weighted by Crippen LogP contribution is 2.47. The summed E-state index contributed by atoms with van der Waals surface area (Å²) in [5.41, 5.74) is 4.77. The van der Waals surface area contributed by atoms with Crippen molar-refractivity contribution < 1.29 is 14.3 Å². The molecule has 5 heterocycles. The molecule has 1 atom stereocenters. The van der Waals surface area contributed by atoms with Crippen LogP contribution in [0.5, 0.6) is 5.75 Å². The van der Waals surface area contributed by atoms with Gasteiger partial charge >= 0.3 is 6.03 Å². The molecule has 0 aliphatic carbocycles. The third kappa shape index (κ3) is 4.17. The summed E-state index contributed by atoms with van der Waals surface area (Å²) in [6, 6.07) is 9.90. The van der Waals surface area contributed by atoms with E-state index in [2.05, 4.69) is 15.3 Å². The number of rotatable bonds is 5. The Bertz CT molecular complexity index is 1410. The number of nitrogens with one attached hydrogen (secondary N) is 1. The van der Waals surface area contributed by atoms with E-state index in [9.17, 15) is 9.59 Å². The molecule has 0 bridgehead atoms. The Labute approximate surface area is 217 Å². The van der Waals surface area contributed by atoms with Gasteiger partial charge in [-0.2, -0.15) is 0 Å². The number of pyridine rings is 2. The van der Waals surface area contributed by atoms with Crippen LogP contribution in [0.3, 0.4) is 0 Å². The van der Waals surface area contributed by atoms with Crippen LogP contribution in [0.4, 0.5) is 27.7 Å². The number of carbonyl (C=O) groups excluding carboxylic acids is 2. The second-order valence-corrected chi connectivity index (χ2v) is 10.9. The van der Waals surface area contributed by atoms with Crippen LogP contribution in [0.15, 0.2) is 48.9 Å². The molecule has 3 aliphatic rings. The molecule has 1 aromatic carbocycles. The van der Waals surface area contributed by atoms with Gasteiger partial charge in [0.25, 0.3) is 0 Å². The molecule has 1 unspecified atom stereocenters. The maximum Gasteiger partial charge on any atom is 0.327 e. The Balaban J connectivity index is 1.28. The number of hydrogen-bond donors (Lipinski definition) is 1. The number of fused-ring (bicyclic) bond motifs is 3. The van der Waals surface area contributed by atoms with Crippen molar-refractivity contribution in [1.29, 1.82) is 0 Å². The Hall–Kier alpha value is -3.71. The summed E-state index contributed by atoms with van der Waals surface area (Å²) in [6.45, 7) is 8.20. The first-order valence-corrected chi connectivity index (χ1v) is 13.9. The summed E-state index contributed by atoms with van der Waals surface area (Å²) in [5.74, 6) is 1.58. The predicted molar refractivity (Wildman–Crippen MR) is 146 cm³/mol. The lowest BCUT2D eigenvalue weighted by molar-refractivity contribution is -0.117. The molecule has 3 aliphatic heterocycles. The van der Waals surface area contributed by atoms with Gasteiger partial charge in [0.2, 0.25) is 5.91 Å². The lowest BCUT2D eigenvalue weighted by Gasteiger charge is -2.35. The molecule has 2 aromatic heterocycles. The van der Waals surface area contributed by atoms with Gasteiger partial charge in [0, 0.05) is 60.7 Å². The van der Waals surface area contributed by atoms with E-state index in [4.69, 9.17) is 4.74 Å². The van der Waals surface area contributed by atoms with Crippen LogP contribution in [-0.2, 0) is 10.4 Å². The molecular weight excluding hydrogens is 487 g/mol. The van der Waals surface area contributed by atoms with Crippen LogP contribution in [0.1, 0.15) is 32.3 Å². The molecule has 2 fully saturated rings. The van der Waals surface area contributed by atoms with Crippen LogP contribution in [0, 0.1) is 0 Å². The number of nitrogens with zero attached hydrogens (tertiary/aromatic N) is 5. The van der Waals surface area contributed by atoms with Crippen LogP contribution >= 0.6 is 8.73 Å². The molecule has 2 saturated heterocycles. The minimum absolute atomic E-state index is 0.0153. The van der Waals surface area contributed by atoms with Crippen molar-refractivity contribution in [2.24, 2.45) is 0 Å². The molecule has 190 valence electrons. The van der Waals surface area contributed by atoms with Crippen LogP contribution < -0.4 is 19.9 Å². The molecule has 3 amide bonds. The Morgan fingerprint density at radius 2 is 1.84 bits per heavy atom. The fraction of sp³-hybridized carbons (Fsp3) is 0.333. The van der Waals surface area contributed by atoms with E-state index >= 15 is 0 Å². The van der Waals surface area contributed by atoms with Crippen LogP contribution in [0.25, 0.3) is 11.1 Å². The zero-order chi connectivity index (χ0) is 25.7. The molecule has 0 radical (unpaired) electrons. The van der Waals surface area contributed by atoms with Crippen LogP contribution in [0.2, 0.25) is 0 Å². The molecule has 0 spiro atoms. The molecule has 6 rings (SSSR count). The average molecular weight is 517 g/mol. The quantitative estimate of drug-likeness (QED) is 0.474. The minimum atomic E-state index is -0.595. The van der Waals surface area contributed by atoms with Crippen LogP contribution in [-0.4, -0.2) is 52.9 Å². The Morgan fingerprint density at radius 1 is 0.973 bits per heavy atom. The van der Waals surface area contributed by atoms with E-state index in [-0.39, 0.29) is 11.9 Å². The van der Waals surface area contributed by atoms with Gasteiger partial charge in [0.1, 0.15) is 17.2 Å². The molecule has 10 heteroatoms. The summed E-state index contributed by atoms with van der Waals surface area (Å²) in [6.07, 6.45) is 6.78. The van der Waals surface area contributed by atoms with Gasteiger partial charge in [-0.15, -0.1) is 0 Å². The smallest absolute Gasteiger partial charge is 0.327 e. The fourth-order valence-corrected chi connectivity index (χ4v) is 5.88. The summed E-state index contributed by atoms with van der Waals surface area (Å²) in [4.78, 5) is 37.5. The van der Waals surface area contributed by atoms with Crippen molar-refractivity contribution >= 4 is 43.5 Å². The van der Waals surface area contributed by atoms with E-state index in [1.807, 2.05) is 66.6 Å². The molecule has 9 nitrogen and oxygen atoms in total. The Morgan fingerprint density at radius 3 is 2.59 bits per heavy atom. The second-order valence-electron chi connectivity index (χ2n) is 9.92. The summed E-state index contributed by atoms with van der Waals surface area (Å²) >= 11 is 0. The maximum absolute atomic E-state index is 12.6. The van der Waals surface area contributed by atoms with Crippen molar-refractivity contribution in [3.8, 4) is 16.9 Å². The van der Waals surface area contributed by atoms with Gasteiger partial charge in [-0.05, 0) is 59.9 Å². The van der Waals surface area contributed by atoms with E-state index in [1.165, 1.54) is 0 Å². The lowest BCUT2D eigenvalue weighted by Crippen LogP contribution is -2.30. The number of anilines is 4. The summed E-state index contributed by atoms with van der Waals surface area (Å²) in [5, 5.41) is 3.35. The minimum Gasteiger partial charge on any atom is -0.482 e. The van der Waals surface area contributed by atoms with Gasteiger partial charge in [0.15, 0.2) is 0 Å². The lowest BCUT2D eigenvalue weighted by atomic mass is 9.87. The highest BCUT2D eigenvalue weighted by Gasteiger charge is 2.34. The number of urea groups is 1. The number of ether oxygens (including phenoxy) is 1. The average Bonchev–Trinajstić information content (AvgIpc) is 3.48.